The molecule has 2 aromatic rings. The Morgan fingerprint density at radius 2 is 1.28 bits per heavy atom. The molecule has 6 rings (SSSR count). The van der Waals surface area contributed by atoms with Crippen LogP contribution in [0.4, 0.5) is 0 Å². The molecule has 1 spiro atoms. The molecule has 9 atom stereocenters. The molecule has 61 heavy (non-hydrogen) atoms. The topological polar surface area (TPSA) is 229 Å². The van der Waals surface area contributed by atoms with Crippen molar-refractivity contribution >= 4 is 36.0 Å². The van der Waals surface area contributed by atoms with Gasteiger partial charge in [-0.25, -0.2) is 9.59 Å². The van der Waals surface area contributed by atoms with Crippen LogP contribution in [0.25, 0.3) is 12.2 Å². The molecule has 2 N–H and O–H groups in total. The second kappa shape index (κ2) is 18.6. The largest absolute Gasteiger partial charge is 0.493 e. The number of hydrogen-bond acceptors (Lipinski definition) is 19. The van der Waals surface area contributed by atoms with E-state index in [1.54, 1.807) is 45.9 Å². The fourth-order valence-corrected chi connectivity index (χ4v) is 7.02. The van der Waals surface area contributed by atoms with Crippen LogP contribution >= 0.6 is 0 Å². The molecule has 0 bridgehead atoms. The predicted octanol–water partition coefficient (Wildman–Crippen LogP) is 2.60. The van der Waals surface area contributed by atoms with Gasteiger partial charge in [0, 0.05) is 26.0 Å². The Balaban J connectivity index is 1.25. The number of aliphatic hydroxyl groups is 2. The maximum atomic E-state index is 13.6. The molecular weight excluding hydrogens is 808 g/mol. The highest BCUT2D eigenvalue weighted by Crippen LogP contribution is 2.44. The maximum Gasteiger partial charge on any atom is 0.331 e. The highest BCUT2D eigenvalue weighted by molar-refractivity contribution is 5.88. The van der Waals surface area contributed by atoms with Crippen LogP contribution in [0.3, 0.4) is 0 Å². The van der Waals surface area contributed by atoms with Crippen LogP contribution < -0.4 is 18.9 Å². The minimum Gasteiger partial charge on any atom is -0.493 e. The number of rotatable bonds is 11. The average molecular weight is 859 g/mol. The van der Waals surface area contributed by atoms with Gasteiger partial charge < -0.3 is 71.8 Å². The average Bonchev–Trinajstić information content (AvgIpc) is 3.45. The highest BCUT2D eigenvalue weighted by atomic mass is 16.9. The first kappa shape index (κ1) is 45.6. The fourth-order valence-electron chi connectivity index (χ4n) is 7.02. The van der Waals surface area contributed by atoms with E-state index < -0.39 is 103 Å². The van der Waals surface area contributed by atoms with Crippen LogP contribution in [0, 0.1) is 0 Å². The van der Waals surface area contributed by atoms with Crippen LogP contribution in [0.15, 0.2) is 48.6 Å². The van der Waals surface area contributed by atoms with Gasteiger partial charge in [0.1, 0.15) is 49.8 Å². The van der Waals surface area contributed by atoms with Crippen molar-refractivity contribution in [3.05, 3.63) is 59.7 Å². The number of carbonyl (C=O) groups is 4. The Morgan fingerprint density at radius 3 is 1.85 bits per heavy atom. The van der Waals surface area contributed by atoms with Crippen molar-refractivity contribution in [2.75, 3.05) is 34.0 Å². The third-order valence-electron chi connectivity index (χ3n) is 9.80. The lowest BCUT2D eigenvalue weighted by Gasteiger charge is -2.53. The van der Waals surface area contributed by atoms with Gasteiger partial charge in [-0.15, -0.1) is 0 Å². The molecule has 0 aliphatic carbocycles. The van der Waals surface area contributed by atoms with Gasteiger partial charge in [0.15, 0.2) is 47.0 Å². The molecule has 332 valence electrons. The number of hydrogen-bond donors (Lipinski definition) is 2. The maximum absolute atomic E-state index is 13.6. The first-order valence-corrected chi connectivity index (χ1v) is 19.3. The molecule has 2 aromatic carbocycles. The summed E-state index contributed by atoms with van der Waals surface area (Å²) in [5, 5.41) is 23.4. The summed E-state index contributed by atoms with van der Waals surface area (Å²) in [6.07, 6.45) is -5.44. The van der Waals surface area contributed by atoms with Gasteiger partial charge >= 0.3 is 23.9 Å². The number of fused-ring (bicyclic) bond motifs is 2. The SMILES string of the molecule is COc1cc(/C=C/C(=O)OC[C@H]2O[C@]3(COC(C)(C)O[C@H]4[C@H](O[C@@H]5COC(C)(C)O[C@H]5[C@@H]4O)O3)[C@@H](OC(=O)/C=C/c3ccc(OC(C)=O)c(OC)c3)[C@@H]2O)ccc1OC(C)=O. The second-order valence-corrected chi connectivity index (χ2v) is 15.3. The molecule has 0 saturated carbocycles. The standard InChI is InChI=1S/C42H50O19/c1-22(43)54-26-13-9-24(17-28(26)49-7)11-15-32(45)51-19-30-34(47)38(57-33(46)16-12-25-10-14-27(55-23(2)44)29(18-25)50-8)42(58-30)21-53-41(5,6)60-37-35(48)36-31(56-39(37)61-42)20-52-40(3,4)59-36/h9-18,30-31,34-39,47-48H,19-21H2,1-8H3/b15-11+,16-12+/t30-,31-,34-,35+,36-,37-,38+,39-,42+/m1/s1. The molecule has 0 radical (unpaired) electrons. The van der Waals surface area contributed by atoms with E-state index in [0.717, 1.165) is 12.2 Å². The zero-order valence-electron chi connectivity index (χ0n) is 34.8. The summed E-state index contributed by atoms with van der Waals surface area (Å²) in [5.74, 6) is -6.66. The van der Waals surface area contributed by atoms with Crippen LogP contribution in [-0.2, 0) is 61.8 Å². The summed E-state index contributed by atoms with van der Waals surface area (Å²) in [4.78, 5) is 49.5. The number of benzene rings is 2. The molecule has 0 amide bonds. The minimum absolute atomic E-state index is 0.0166. The molecule has 19 heteroatoms. The summed E-state index contributed by atoms with van der Waals surface area (Å²) in [5.41, 5.74) is 0.971. The predicted molar refractivity (Wildman–Crippen MR) is 207 cm³/mol. The van der Waals surface area contributed by atoms with E-state index in [1.807, 2.05) is 0 Å². The van der Waals surface area contributed by atoms with E-state index in [9.17, 15) is 29.4 Å². The van der Waals surface area contributed by atoms with Gasteiger partial charge in [0.05, 0.1) is 20.8 Å². The Bertz CT molecular complexity index is 2010. The Labute approximate surface area is 351 Å². The van der Waals surface area contributed by atoms with Crippen molar-refractivity contribution < 1.29 is 91.0 Å². The van der Waals surface area contributed by atoms with Gasteiger partial charge in [-0.05, 0) is 75.2 Å². The highest BCUT2D eigenvalue weighted by Gasteiger charge is 2.64. The van der Waals surface area contributed by atoms with E-state index in [4.69, 9.17) is 61.6 Å². The molecule has 4 fully saturated rings. The molecular formula is C42H50O19. The van der Waals surface area contributed by atoms with E-state index in [1.165, 1.54) is 58.4 Å². The molecule has 19 nitrogen and oxygen atoms in total. The van der Waals surface area contributed by atoms with Gasteiger partial charge in [-0.3, -0.25) is 9.59 Å². The van der Waals surface area contributed by atoms with Gasteiger partial charge in [0.25, 0.3) is 0 Å². The van der Waals surface area contributed by atoms with E-state index in [-0.39, 0.29) is 29.6 Å². The van der Waals surface area contributed by atoms with Gasteiger partial charge in [-0.2, -0.15) is 0 Å². The number of ether oxygens (including phenoxy) is 13. The second-order valence-electron chi connectivity index (χ2n) is 15.3. The lowest BCUT2D eigenvalue weighted by Crippen LogP contribution is -2.69. The summed E-state index contributed by atoms with van der Waals surface area (Å²) >= 11 is 0. The normalized spacial score (nSPS) is 30.4. The summed E-state index contributed by atoms with van der Waals surface area (Å²) in [6.45, 7) is 8.00. The zero-order valence-corrected chi connectivity index (χ0v) is 34.8. The molecule has 0 aromatic heterocycles. The van der Waals surface area contributed by atoms with E-state index in [0.29, 0.717) is 11.1 Å². The summed E-state index contributed by atoms with van der Waals surface area (Å²) < 4.78 is 75.3. The van der Waals surface area contributed by atoms with E-state index in [2.05, 4.69) is 0 Å². The number of methoxy groups -OCH3 is 2. The number of esters is 4. The van der Waals surface area contributed by atoms with Gasteiger partial charge in [0.2, 0.25) is 5.79 Å². The van der Waals surface area contributed by atoms with Crippen molar-refractivity contribution in [3.63, 3.8) is 0 Å². The van der Waals surface area contributed by atoms with Crippen LogP contribution in [-0.4, -0.2) is 135 Å². The molecule has 0 unspecified atom stereocenters. The van der Waals surface area contributed by atoms with Crippen molar-refractivity contribution in [1.29, 1.82) is 0 Å². The Morgan fingerprint density at radius 1 is 0.721 bits per heavy atom. The first-order valence-electron chi connectivity index (χ1n) is 19.3. The number of carbonyl (C=O) groups excluding carboxylic acids is 4. The lowest BCUT2D eigenvalue weighted by molar-refractivity contribution is -0.454. The third-order valence-corrected chi connectivity index (χ3v) is 9.80. The van der Waals surface area contributed by atoms with Crippen LogP contribution in [0.1, 0.15) is 52.7 Å². The van der Waals surface area contributed by atoms with Crippen LogP contribution in [0.5, 0.6) is 23.0 Å². The molecule has 4 heterocycles. The fraction of sp³-hybridized carbons (Fsp3) is 0.524. The summed E-state index contributed by atoms with van der Waals surface area (Å²) in [6, 6.07) is 9.21. The minimum atomic E-state index is -2.14. The molecule has 4 aliphatic rings. The quantitative estimate of drug-likeness (QED) is 0.188. The van der Waals surface area contributed by atoms with Gasteiger partial charge in [-0.1, -0.05) is 12.1 Å². The molecule has 4 saturated heterocycles. The Kier molecular flexibility index (Phi) is 13.9. The monoisotopic (exact) mass is 858 g/mol. The van der Waals surface area contributed by atoms with Crippen LogP contribution in [0.2, 0.25) is 0 Å². The lowest BCUT2D eigenvalue weighted by atomic mass is 9.96. The van der Waals surface area contributed by atoms with Crippen molar-refractivity contribution in [2.24, 2.45) is 0 Å². The number of aliphatic hydroxyl groups excluding tert-OH is 2. The summed E-state index contributed by atoms with van der Waals surface area (Å²) in [7, 11) is 2.78. The van der Waals surface area contributed by atoms with Crippen molar-refractivity contribution in [3.8, 4) is 23.0 Å². The third kappa shape index (κ3) is 10.9. The van der Waals surface area contributed by atoms with Crippen molar-refractivity contribution in [1.82, 2.24) is 0 Å². The van der Waals surface area contributed by atoms with Crippen molar-refractivity contribution in [2.45, 2.75) is 108 Å². The first-order chi connectivity index (χ1) is 28.8. The molecule has 4 aliphatic heterocycles. The zero-order chi connectivity index (χ0) is 44.3. The van der Waals surface area contributed by atoms with E-state index >= 15 is 0 Å². The Hall–Kier alpha value is -4.96. The smallest absolute Gasteiger partial charge is 0.331 e.